The zero-order chi connectivity index (χ0) is 22.3. The van der Waals surface area contributed by atoms with Gasteiger partial charge in [0.05, 0.1) is 27.8 Å². The summed E-state index contributed by atoms with van der Waals surface area (Å²) in [4.78, 5) is 19.8. The Hall–Kier alpha value is -2.42. The molecule has 31 heavy (non-hydrogen) atoms. The molecule has 1 aliphatic carbocycles. The van der Waals surface area contributed by atoms with E-state index in [9.17, 15) is 18.3 Å². The molecular formula is C22H24ClN3O4S. The maximum Gasteiger partial charge on any atom is 0.280 e. The molecule has 7 nitrogen and oxygen atoms in total. The van der Waals surface area contributed by atoms with E-state index in [1.807, 2.05) is 13.8 Å². The lowest BCUT2D eigenvalue weighted by Crippen LogP contribution is -2.39. The van der Waals surface area contributed by atoms with Crippen LogP contribution in [0.1, 0.15) is 42.6 Å². The van der Waals surface area contributed by atoms with Crippen LogP contribution in [0.15, 0.2) is 41.4 Å². The third-order valence-electron chi connectivity index (χ3n) is 5.92. The SMILES string of the molecule is CCN(CC)S(=O)(=O)C1C=CC(C2=NC(=O)c3c(-c4ccc(Cl)cc4)[nH]c(O)c32)CC1. The van der Waals surface area contributed by atoms with Gasteiger partial charge in [0.15, 0.2) is 5.88 Å². The monoisotopic (exact) mass is 461 g/mol. The summed E-state index contributed by atoms with van der Waals surface area (Å²) in [5.74, 6) is -0.776. The zero-order valence-corrected chi connectivity index (χ0v) is 18.9. The Kier molecular flexibility index (Phi) is 5.81. The van der Waals surface area contributed by atoms with E-state index in [1.165, 1.54) is 4.31 Å². The van der Waals surface area contributed by atoms with Gasteiger partial charge in [-0.05, 0) is 30.5 Å². The van der Waals surface area contributed by atoms with Gasteiger partial charge in [-0.25, -0.2) is 17.7 Å². The van der Waals surface area contributed by atoms with E-state index in [0.29, 0.717) is 53.5 Å². The molecule has 2 aromatic rings. The first-order valence-electron chi connectivity index (χ1n) is 10.3. The minimum Gasteiger partial charge on any atom is -0.494 e. The number of carbonyl (C=O) groups is 1. The zero-order valence-electron chi connectivity index (χ0n) is 17.3. The number of nitrogens with zero attached hydrogens (tertiary/aromatic N) is 2. The van der Waals surface area contributed by atoms with Gasteiger partial charge >= 0.3 is 0 Å². The normalized spacial score (nSPS) is 20.9. The van der Waals surface area contributed by atoms with E-state index in [0.717, 1.165) is 5.56 Å². The molecule has 1 aromatic heterocycles. The molecule has 0 saturated heterocycles. The van der Waals surface area contributed by atoms with Gasteiger partial charge in [0.25, 0.3) is 5.91 Å². The fourth-order valence-electron chi connectivity index (χ4n) is 4.32. The molecule has 2 aliphatic rings. The number of halogens is 1. The van der Waals surface area contributed by atoms with Gasteiger partial charge in [-0.3, -0.25) is 4.79 Å². The molecule has 4 rings (SSSR count). The number of fused-ring (bicyclic) bond motifs is 1. The Morgan fingerprint density at radius 3 is 2.39 bits per heavy atom. The van der Waals surface area contributed by atoms with Crippen molar-refractivity contribution in [2.24, 2.45) is 10.9 Å². The highest BCUT2D eigenvalue weighted by Gasteiger charge is 2.38. The predicted octanol–water partition coefficient (Wildman–Crippen LogP) is 3.99. The number of rotatable bonds is 6. The molecule has 9 heteroatoms. The number of aliphatic imine (C=N–C) groups is 1. The molecule has 0 spiro atoms. The maximum absolute atomic E-state index is 12.8. The van der Waals surface area contributed by atoms with Crippen molar-refractivity contribution in [3.8, 4) is 17.1 Å². The van der Waals surface area contributed by atoms with Crippen molar-refractivity contribution in [2.75, 3.05) is 13.1 Å². The third-order valence-corrected chi connectivity index (χ3v) is 8.57. The van der Waals surface area contributed by atoms with E-state index in [1.54, 1.807) is 36.4 Å². The fourth-order valence-corrected chi connectivity index (χ4v) is 6.27. The Morgan fingerprint density at radius 2 is 1.81 bits per heavy atom. The molecule has 2 N–H and O–H groups in total. The van der Waals surface area contributed by atoms with Crippen molar-refractivity contribution in [3.63, 3.8) is 0 Å². The van der Waals surface area contributed by atoms with Crippen molar-refractivity contribution < 1.29 is 18.3 Å². The summed E-state index contributed by atoms with van der Waals surface area (Å²) >= 11 is 5.95. The minimum absolute atomic E-state index is 0.115. The molecule has 0 bridgehead atoms. The summed E-state index contributed by atoms with van der Waals surface area (Å²) in [5.41, 5.74) is 2.42. The summed E-state index contributed by atoms with van der Waals surface area (Å²) in [5, 5.41) is 10.5. The van der Waals surface area contributed by atoms with Crippen LogP contribution in [0.5, 0.6) is 5.88 Å². The summed E-state index contributed by atoms with van der Waals surface area (Å²) in [7, 11) is -3.41. The van der Waals surface area contributed by atoms with E-state index < -0.39 is 21.2 Å². The van der Waals surface area contributed by atoms with Gasteiger partial charge in [0.2, 0.25) is 10.0 Å². The Bertz CT molecular complexity index is 1180. The number of aromatic amines is 1. The number of benzene rings is 1. The second-order valence-corrected chi connectivity index (χ2v) is 10.2. The van der Waals surface area contributed by atoms with Crippen LogP contribution in [0.2, 0.25) is 5.02 Å². The van der Waals surface area contributed by atoms with Crippen molar-refractivity contribution >= 4 is 33.2 Å². The standard InChI is InChI=1S/C22H24ClN3O4S/c1-3-26(4-2)31(29,30)16-11-7-14(8-12-16)20-18-17(21(27)25-20)19(24-22(18)28)13-5-9-15(23)10-6-13/h5-7,9-11,14,16,24,28H,3-4,8,12H2,1-2H3. The average molecular weight is 462 g/mol. The van der Waals surface area contributed by atoms with E-state index in [2.05, 4.69) is 9.98 Å². The second-order valence-electron chi connectivity index (χ2n) is 7.64. The van der Waals surface area contributed by atoms with Gasteiger partial charge in [0, 0.05) is 24.0 Å². The van der Waals surface area contributed by atoms with Gasteiger partial charge in [-0.15, -0.1) is 0 Å². The van der Waals surface area contributed by atoms with Crippen LogP contribution in [0.3, 0.4) is 0 Å². The van der Waals surface area contributed by atoms with E-state index in [-0.39, 0.29) is 11.8 Å². The number of carbonyl (C=O) groups excluding carboxylic acids is 1. The first-order chi connectivity index (χ1) is 14.8. The number of hydrogen-bond donors (Lipinski definition) is 2. The number of sulfonamides is 1. The van der Waals surface area contributed by atoms with Crippen molar-refractivity contribution in [2.45, 2.75) is 31.9 Å². The highest BCUT2D eigenvalue weighted by atomic mass is 35.5. The summed E-state index contributed by atoms with van der Waals surface area (Å²) in [6.45, 7) is 4.51. The Morgan fingerprint density at radius 1 is 1.13 bits per heavy atom. The maximum atomic E-state index is 12.8. The number of allylic oxidation sites excluding steroid dienone is 1. The number of nitrogens with one attached hydrogen (secondary N) is 1. The van der Waals surface area contributed by atoms with Crippen LogP contribution >= 0.6 is 11.6 Å². The molecule has 0 fully saturated rings. The smallest absolute Gasteiger partial charge is 0.280 e. The van der Waals surface area contributed by atoms with Crippen molar-refractivity contribution in [3.05, 3.63) is 52.6 Å². The van der Waals surface area contributed by atoms with Crippen LogP contribution in [-0.4, -0.2) is 52.8 Å². The highest BCUT2D eigenvalue weighted by molar-refractivity contribution is 7.89. The molecule has 0 radical (unpaired) electrons. The molecule has 1 aliphatic heterocycles. The van der Waals surface area contributed by atoms with Crippen LogP contribution in [0.25, 0.3) is 11.3 Å². The minimum atomic E-state index is -3.41. The Balaban J connectivity index is 1.64. The number of hydrogen-bond acceptors (Lipinski definition) is 4. The van der Waals surface area contributed by atoms with Crippen LogP contribution in [0, 0.1) is 5.92 Å². The van der Waals surface area contributed by atoms with E-state index >= 15 is 0 Å². The molecule has 2 heterocycles. The highest BCUT2D eigenvalue weighted by Crippen LogP contribution is 2.40. The van der Waals surface area contributed by atoms with E-state index in [4.69, 9.17) is 11.6 Å². The predicted molar refractivity (Wildman–Crippen MR) is 121 cm³/mol. The summed E-state index contributed by atoms with van der Waals surface area (Å²) in [6.07, 6.45) is 4.44. The molecule has 1 aromatic carbocycles. The molecular weight excluding hydrogens is 438 g/mol. The molecule has 1 amide bonds. The van der Waals surface area contributed by atoms with Crippen LogP contribution in [-0.2, 0) is 10.0 Å². The lowest BCUT2D eigenvalue weighted by Gasteiger charge is -2.27. The number of aromatic hydroxyl groups is 1. The van der Waals surface area contributed by atoms with Gasteiger partial charge in [0.1, 0.15) is 0 Å². The fraction of sp³-hybridized carbons (Fsp3) is 0.364. The first kappa shape index (κ1) is 21.8. The first-order valence-corrected chi connectivity index (χ1v) is 12.2. The summed E-state index contributed by atoms with van der Waals surface area (Å²) in [6, 6.07) is 6.95. The van der Waals surface area contributed by atoms with Crippen molar-refractivity contribution in [1.29, 1.82) is 0 Å². The quantitative estimate of drug-likeness (QED) is 0.635. The average Bonchev–Trinajstić information content (AvgIpc) is 3.28. The number of amides is 1. The number of H-pyrrole nitrogens is 1. The molecule has 0 saturated carbocycles. The number of aromatic nitrogens is 1. The molecule has 2 unspecified atom stereocenters. The largest absolute Gasteiger partial charge is 0.494 e. The van der Waals surface area contributed by atoms with Crippen LogP contribution < -0.4 is 0 Å². The topological polar surface area (TPSA) is 103 Å². The Labute approximate surface area is 186 Å². The third kappa shape index (κ3) is 3.73. The van der Waals surface area contributed by atoms with Gasteiger partial charge < -0.3 is 10.1 Å². The van der Waals surface area contributed by atoms with Crippen LogP contribution in [0.4, 0.5) is 0 Å². The van der Waals surface area contributed by atoms with Gasteiger partial charge in [-0.1, -0.05) is 49.7 Å². The molecule has 2 atom stereocenters. The lowest BCUT2D eigenvalue weighted by molar-refractivity contribution is 0.101. The summed E-state index contributed by atoms with van der Waals surface area (Å²) < 4.78 is 27.1. The van der Waals surface area contributed by atoms with Gasteiger partial charge in [-0.2, -0.15) is 0 Å². The van der Waals surface area contributed by atoms with Crippen molar-refractivity contribution in [1.82, 2.24) is 9.29 Å². The second kappa shape index (κ2) is 8.26. The lowest BCUT2D eigenvalue weighted by atomic mass is 9.88. The molecule has 164 valence electrons.